The summed E-state index contributed by atoms with van der Waals surface area (Å²) in [6.07, 6.45) is 0.878. The van der Waals surface area contributed by atoms with Crippen molar-refractivity contribution in [3.05, 3.63) is 27.3 Å². The molecule has 72 valence electrons. The first-order valence-electron chi connectivity index (χ1n) is 4.21. The van der Waals surface area contributed by atoms with Gasteiger partial charge in [0.15, 0.2) is 0 Å². The Kier molecular flexibility index (Phi) is 3.18. The van der Waals surface area contributed by atoms with E-state index in [0.29, 0.717) is 0 Å². The van der Waals surface area contributed by atoms with Crippen LogP contribution >= 0.6 is 22.6 Å². The average molecular weight is 290 g/mol. The van der Waals surface area contributed by atoms with Gasteiger partial charge in [-0.25, -0.2) is 0 Å². The monoisotopic (exact) mass is 290 g/mol. The maximum Gasteiger partial charge on any atom is 0.0449 e. The predicted octanol–water partition coefficient (Wildman–Crippen LogP) is 2.15. The van der Waals surface area contributed by atoms with Crippen LogP contribution in [0.4, 0.5) is 5.69 Å². The van der Waals surface area contributed by atoms with Crippen molar-refractivity contribution in [1.29, 1.82) is 0 Å². The summed E-state index contributed by atoms with van der Waals surface area (Å²) >= 11 is 2.24. The fourth-order valence-corrected chi connectivity index (χ4v) is 1.79. The van der Waals surface area contributed by atoms with Crippen LogP contribution in [-0.2, 0) is 6.42 Å². The van der Waals surface area contributed by atoms with Crippen LogP contribution in [0.25, 0.3) is 0 Å². The van der Waals surface area contributed by atoms with E-state index in [2.05, 4.69) is 28.7 Å². The van der Waals surface area contributed by atoms with Gasteiger partial charge in [-0.2, -0.15) is 0 Å². The Morgan fingerprint density at radius 3 is 2.46 bits per heavy atom. The largest absolute Gasteiger partial charge is 0.398 e. The van der Waals surface area contributed by atoms with E-state index in [0.717, 1.165) is 15.7 Å². The van der Waals surface area contributed by atoms with Crippen LogP contribution in [-0.4, -0.2) is 5.54 Å². The molecule has 0 aliphatic heterocycles. The van der Waals surface area contributed by atoms with Crippen LogP contribution in [0, 0.1) is 3.57 Å². The SMILES string of the molecule is CC(C)(N)Cc1ccc(N)c(I)c1. The number of halogens is 1. The molecule has 0 saturated carbocycles. The highest BCUT2D eigenvalue weighted by Gasteiger charge is 2.11. The molecule has 0 heterocycles. The van der Waals surface area contributed by atoms with Crippen molar-refractivity contribution in [2.75, 3.05) is 5.73 Å². The molecule has 0 unspecified atom stereocenters. The summed E-state index contributed by atoms with van der Waals surface area (Å²) in [5.74, 6) is 0. The van der Waals surface area contributed by atoms with Crippen LogP contribution in [0.2, 0.25) is 0 Å². The molecule has 0 radical (unpaired) electrons. The van der Waals surface area contributed by atoms with Crippen molar-refractivity contribution < 1.29 is 0 Å². The minimum atomic E-state index is -0.154. The van der Waals surface area contributed by atoms with E-state index in [4.69, 9.17) is 11.5 Å². The lowest BCUT2D eigenvalue weighted by molar-refractivity contribution is 0.516. The third-order valence-corrected chi connectivity index (χ3v) is 2.66. The van der Waals surface area contributed by atoms with Crippen molar-refractivity contribution >= 4 is 28.3 Å². The Morgan fingerprint density at radius 1 is 1.38 bits per heavy atom. The number of nitrogens with two attached hydrogens (primary N) is 2. The van der Waals surface area contributed by atoms with E-state index in [1.54, 1.807) is 0 Å². The predicted molar refractivity (Wildman–Crippen MR) is 65.5 cm³/mol. The quantitative estimate of drug-likeness (QED) is 0.648. The molecule has 3 heteroatoms. The van der Waals surface area contributed by atoms with Crippen molar-refractivity contribution in [2.24, 2.45) is 5.73 Å². The van der Waals surface area contributed by atoms with Crippen LogP contribution in [0.1, 0.15) is 19.4 Å². The smallest absolute Gasteiger partial charge is 0.0449 e. The van der Waals surface area contributed by atoms with E-state index >= 15 is 0 Å². The molecule has 0 spiro atoms. The lowest BCUT2D eigenvalue weighted by atomic mass is 9.96. The molecule has 1 aromatic rings. The molecule has 0 saturated heterocycles. The second kappa shape index (κ2) is 3.84. The van der Waals surface area contributed by atoms with Gasteiger partial charge in [0.1, 0.15) is 0 Å². The van der Waals surface area contributed by atoms with Crippen LogP contribution in [0.15, 0.2) is 18.2 Å². The number of hydrogen-bond acceptors (Lipinski definition) is 2. The van der Waals surface area contributed by atoms with Crippen LogP contribution < -0.4 is 11.5 Å². The molecule has 0 bridgehead atoms. The van der Waals surface area contributed by atoms with Gasteiger partial charge in [-0.15, -0.1) is 0 Å². The summed E-state index contributed by atoms with van der Waals surface area (Å²) in [5, 5.41) is 0. The highest BCUT2D eigenvalue weighted by molar-refractivity contribution is 14.1. The van der Waals surface area contributed by atoms with E-state index in [-0.39, 0.29) is 5.54 Å². The maximum atomic E-state index is 5.92. The normalized spacial score (nSPS) is 11.7. The molecule has 0 aliphatic rings. The molecular weight excluding hydrogens is 275 g/mol. The van der Waals surface area contributed by atoms with Gasteiger partial charge in [-0.05, 0) is 60.6 Å². The Balaban J connectivity index is 2.86. The summed E-state index contributed by atoms with van der Waals surface area (Å²) in [6, 6.07) is 6.06. The Hall–Kier alpha value is -0.290. The topological polar surface area (TPSA) is 52.0 Å². The number of nitrogen functional groups attached to an aromatic ring is 1. The summed E-state index contributed by atoms with van der Waals surface area (Å²) in [7, 11) is 0. The Labute approximate surface area is 92.8 Å². The third kappa shape index (κ3) is 3.52. The van der Waals surface area contributed by atoms with E-state index in [9.17, 15) is 0 Å². The van der Waals surface area contributed by atoms with E-state index in [1.165, 1.54) is 5.56 Å². The zero-order valence-corrected chi connectivity index (χ0v) is 10.1. The maximum absolute atomic E-state index is 5.92. The van der Waals surface area contributed by atoms with Gasteiger partial charge in [0, 0.05) is 14.8 Å². The minimum absolute atomic E-state index is 0.154. The number of rotatable bonds is 2. The first-order valence-corrected chi connectivity index (χ1v) is 5.29. The molecule has 0 aromatic heterocycles. The summed E-state index contributed by atoms with van der Waals surface area (Å²) in [4.78, 5) is 0. The molecule has 4 N–H and O–H groups in total. The molecular formula is C10H15IN2. The molecule has 1 aromatic carbocycles. The van der Waals surface area contributed by atoms with Gasteiger partial charge >= 0.3 is 0 Å². The first kappa shape index (κ1) is 10.8. The molecule has 0 amide bonds. The highest BCUT2D eigenvalue weighted by Crippen LogP contribution is 2.18. The van der Waals surface area contributed by atoms with E-state index < -0.39 is 0 Å². The molecule has 2 nitrogen and oxygen atoms in total. The van der Waals surface area contributed by atoms with E-state index in [1.807, 2.05) is 26.0 Å². The molecule has 13 heavy (non-hydrogen) atoms. The zero-order chi connectivity index (χ0) is 10.1. The molecule has 0 atom stereocenters. The van der Waals surface area contributed by atoms with Gasteiger partial charge in [-0.3, -0.25) is 0 Å². The van der Waals surface area contributed by atoms with Gasteiger partial charge < -0.3 is 11.5 Å². The fraction of sp³-hybridized carbons (Fsp3) is 0.400. The van der Waals surface area contributed by atoms with Crippen molar-refractivity contribution in [3.63, 3.8) is 0 Å². The first-order chi connectivity index (χ1) is 5.88. The zero-order valence-electron chi connectivity index (χ0n) is 7.97. The van der Waals surface area contributed by atoms with Crippen molar-refractivity contribution in [2.45, 2.75) is 25.8 Å². The summed E-state index contributed by atoms with van der Waals surface area (Å²) in [5.41, 5.74) is 13.6. The highest BCUT2D eigenvalue weighted by atomic mass is 127. The second-order valence-electron chi connectivity index (χ2n) is 4.02. The van der Waals surface area contributed by atoms with Crippen molar-refractivity contribution in [1.82, 2.24) is 0 Å². The number of hydrogen-bond donors (Lipinski definition) is 2. The lowest BCUT2D eigenvalue weighted by Gasteiger charge is -2.18. The molecule has 0 fully saturated rings. The van der Waals surface area contributed by atoms with Crippen LogP contribution in [0.3, 0.4) is 0 Å². The standard InChI is InChI=1S/C10H15IN2/c1-10(2,13)6-7-3-4-9(12)8(11)5-7/h3-5H,6,12-13H2,1-2H3. The molecule has 1 rings (SSSR count). The van der Waals surface area contributed by atoms with Gasteiger partial charge in [0.05, 0.1) is 0 Å². The van der Waals surface area contributed by atoms with Gasteiger partial charge in [-0.1, -0.05) is 6.07 Å². The lowest BCUT2D eigenvalue weighted by Crippen LogP contribution is -2.34. The Bertz CT molecular complexity index is 302. The molecule has 0 aliphatic carbocycles. The van der Waals surface area contributed by atoms with Crippen molar-refractivity contribution in [3.8, 4) is 0 Å². The third-order valence-electron chi connectivity index (χ3n) is 1.72. The second-order valence-corrected chi connectivity index (χ2v) is 5.18. The average Bonchev–Trinajstić information content (AvgIpc) is 1.94. The fourth-order valence-electron chi connectivity index (χ4n) is 1.21. The Morgan fingerprint density at radius 2 is 2.00 bits per heavy atom. The van der Waals surface area contributed by atoms with Gasteiger partial charge in [0.25, 0.3) is 0 Å². The summed E-state index contributed by atoms with van der Waals surface area (Å²) < 4.78 is 1.10. The van der Waals surface area contributed by atoms with Crippen LogP contribution in [0.5, 0.6) is 0 Å². The minimum Gasteiger partial charge on any atom is -0.398 e. The number of anilines is 1. The number of benzene rings is 1. The summed E-state index contributed by atoms with van der Waals surface area (Å²) in [6.45, 7) is 4.05. The van der Waals surface area contributed by atoms with Gasteiger partial charge in [0.2, 0.25) is 0 Å².